The number of unbranched alkanes of at least 4 members (excludes halogenated alkanes) is 15. The van der Waals surface area contributed by atoms with E-state index in [2.05, 4.69) is 130 Å². The van der Waals surface area contributed by atoms with E-state index < -0.39 is 6.10 Å². The van der Waals surface area contributed by atoms with Gasteiger partial charge in [0.1, 0.15) is 13.2 Å². The van der Waals surface area contributed by atoms with Crippen LogP contribution >= 0.6 is 0 Å². The molecule has 0 aliphatic heterocycles. The quantitative estimate of drug-likeness (QED) is 0.0263. The second-order valence-electron chi connectivity index (χ2n) is 16.3. The van der Waals surface area contributed by atoms with Gasteiger partial charge in [-0.1, -0.05) is 182 Å². The van der Waals surface area contributed by atoms with Crippen LogP contribution in [0, 0.1) is 0 Å². The second-order valence-corrected chi connectivity index (χ2v) is 16.3. The van der Waals surface area contributed by atoms with E-state index in [9.17, 15) is 14.4 Å². The molecule has 0 amide bonds. The summed E-state index contributed by atoms with van der Waals surface area (Å²) in [5.74, 6) is -0.999. The van der Waals surface area contributed by atoms with E-state index in [1.54, 1.807) is 0 Å². The van der Waals surface area contributed by atoms with Gasteiger partial charge in [0.15, 0.2) is 6.10 Å². The van der Waals surface area contributed by atoms with Gasteiger partial charge in [-0.25, -0.2) is 0 Å². The van der Waals surface area contributed by atoms with Crippen LogP contribution in [0.2, 0.25) is 0 Å². The fourth-order valence-electron chi connectivity index (χ4n) is 6.39. The molecule has 6 heteroatoms. The molecule has 356 valence electrons. The van der Waals surface area contributed by atoms with E-state index in [1.165, 1.54) is 51.4 Å². The van der Waals surface area contributed by atoms with Gasteiger partial charge < -0.3 is 14.2 Å². The Morgan fingerprint density at radius 3 is 1.08 bits per heavy atom. The third-order valence-electron chi connectivity index (χ3n) is 10.2. The normalized spacial score (nSPS) is 13.0. The van der Waals surface area contributed by atoms with Crippen molar-refractivity contribution in [2.24, 2.45) is 0 Å². The minimum absolute atomic E-state index is 0.110. The van der Waals surface area contributed by atoms with Crippen molar-refractivity contribution in [1.29, 1.82) is 0 Å². The summed E-state index contributed by atoms with van der Waals surface area (Å²) in [6.07, 6.45) is 67.9. The highest BCUT2D eigenvalue weighted by molar-refractivity contribution is 5.71. The standard InChI is InChI=1S/C57H92O6/c1-4-7-10-13-16-19-22-24-26-27-28-29-31-33-36-39-42-45-48-51-57(60)63-54(52-61-55(58)49-46-43-40-37-34-21-18-15-12-9-6-3)53-62-56(59)50-47-44-41-38-35-32-30-25-23-20-17-14-11-8-5-2/h7,10,15-20,24-26,28-30,33,35-36,38,54H,4-6,8-9,11-14,21-23,27,31-32,34,37,39-53H2,1-3H3/b10-7-,18-15-,19-16-,20-17-,26-24-,29-28-,30-25-,36-33-,38-35-/t54-/m0/s1. The van der Waals surface area contributed by atoms with Gasteiger partial charge in [-0.15, -0.1) is 0 Å². The molecule has 0 fully saturated rings. The smallest absolute Gasteiger partial charge is 0.306 e. The number of ether oxygens (including phenoxy) is 3. The average Bonchev–Trinajstić information content (AvgIpc) is 3.28. The molecule has 0 N–H and O–H groups in total. The van der Waals surface area contributed by atoms with E-state index in [-0.39, 0.29) is 37.5 Å². The van der Waals surface area contributed by atoms with Crippen molar-refractivity contribution in [3.05, 3.63) is 109 Å². The molecule has 63 heavy (non-hydrogen) atoms. The maximum Gasteiger partial charge on any atom is 0.306 e. The highest BCUT2D eigenvalue weighted by atomic mass is 16.6. The topological polar surface area (TPSA) is 78.9 Å². The van der Waals surface area contributed by atoms with Crippen LogP contribution in [0.25, 0.3) is 0 Å². The second kappa shape index (κ2) is 50.7. The number of allylic oxidation sites excluding steroid dienone is 18. The summed E-state index contributed by atoms with van der Waals surface area (Å²) in [5, 5.41) is 0. The Morgan fingerprint density at radius 1 is 0.333 bits per heavy atom. The third-order valence-corrected chi connectivity index (χ3v) is 10.2. The number of esters is 3. The molecule has 0 heterocycles. The van der Waals surface area contributed by atoms with Crippen LogP contribution in [0.15, 0.2) is 109 Å². The van der Waals surface area contributed by atoms with Gasteiger partial charge >= 0.3 is 17.9 Å². The van der Waals surface area contributed by atoms with Gasteiger partial charge in [0.2, 0.25) is 0 Å². The van der Waals surface area contributed by atoms with Crippen LogP contribution in [-0.4, -0.2) is 37.2 Å². The zero-order chi connectivity index (χ0) is 45.8. The Kier molecular flexibility index (Phi) is 47.5. The lowest BCUT2D eigenvalue weighted by atomic mass is 10.1. The van der Waals surface area contributed by atoms with Crippen molar-refractivity contribution >= 4 is 17.9 Å². The SMILES string of the molecule is CC/C=C\C/C=C\C/C=C\C/C=C\C/C=C\CCCCCC(=O)O[C@H](COC(=O)CCCC/C=C\C/C=C\C/C=C\CCCCC)COC(=O)CCCCCCC/C=C\CCCC. The molecule has 0 saturated carbocycles. The summed E-state index contributed by atoms with van der Waals surface area (Å²) in [6.45, 7) is 6.37. The Balaban J connectivity index is 4.53. The third kappa shape index (κ3) is 49.0. The number of hydrogen-bond acceptors (Lipinski definition) is 6. The van der Waals surface area contributed by atoms with E-state index in [0.717, 1.165) is 116 Å². The van der Waals surface area contributed by atoms with Crippen molar-refractivity contribution in [3.8, 4) is 0 Å². The van der Waals surface area contributed by atoms with Gasteiger partial charge in [0, 0.05) is 19.3 Å². The monoisotopic (exact) mass is 873 g/mol. The van der Waals surface area contributed by atoms with Crippen molar-refractivity contribution in [3.63, 3.8) is 0 Å². The minimum atomic E-state index is -0.815. The Labute approximate surface area is 387 Å². The van der Waals surface area contributed by atoms with Crippen LogP contribution in [0.3, 0.4) is 0 Å². The van der Waals surface area contributed by atoms with Crippen molar-refractivity contribution in [2.45, 2.75) is 219 Å². The highest BCUT2D eigenvalue weighted by Crippen LogP contribution is 2.12. The van der Waals surface area contributed by atoms with Crippen LogP contribution < -0.4 is 0 Å². The molecule has 0 aromatic heterocycles. The Hall–Kier alpha value is -3.93. The largest absolute Gasteiger partial charge is 0.462 e. The molecular weight excluding hydrogens is 781 g/mol. The lowest BCUT2D eigenvalue weighted by molar-refractivity contribution is -0.167. The summed E-state index contributed by atoms with van der Waals surface area (Å²) in [7, 11) is 0. The molecular formula is C57H92O6. The van der Waals surface area contributed by atoms with Crippen LogP contribution in [-0.2, 0) is 28.6 Å². The summed E-state index contributed by atoms with van der Waals surface area (Å²) >= 11 is 0. The van der Waals surface area contributed by atoms with Gasteiger partial charge in [-0.05, 0) is 122 Å². The van der Waals surface area contributed by atoms with Crippen LogP contribution in [0.4, 0.5) is 0 Å². The molecule has 0 bridgehead atoms. The maximum atomic E-state index is 12.8. The summed E-state index contributed by atoms with van der Waals surface area (Å²) < 4.78 is 16.7. The fourth-order valence-corrected chi connectivity index (χ4v) is 6.39. The lowest BCUT2D eigenvalue weighted by Crippen LogP contribution is -2.30. The number of hydrogen-bond donors (Lipinski definition) is 0. The molecule has 0 radical (unpaired) electrons. The molecule has 1 atom stereocenters. The highest BCUT2D eigenvalue weighted by Gasteiger charge is 2.19. The predicted octanol–water partition coefficient (Wildman–Crippen LogP) is 16.8. The number of carbonyl (C=O) groups is 3. The minimum Gasteiger partial charge on any atom is -0.462 e. The molecule has 0 saturated heterocycles. The number of carbonyl (C=O) groups excluding carboxylic acids is 3. The molecule has 0 aliphatic carbocycles. The first-order chi connectivity index (χ1) is 31.0. The van der Waals surface area contributed by atoms with E-state index in [4.69, 9.17) is 14.2 Å². The van der Waals surface area contributed by atoms with Gasteiger partial charge in [0.25, 0.3) is 0 Å². The van der Waals surface area contributed by atoms with Gasteiger partial charge in [-0.2, -0.15) is 0 Å². The van der Waals surface area contributed by atoms with E-state index in [1.807, 2.05) is 0 Å². The molecule has 0 rings (SSSR count). The van der Waals surface area contributed by atoms with Gasteiger partial charge in [-0.3, -0.25) is 14.4 Å². The first kappa shape index (κ1) is 59.1. The fraction of sp³-hybridized carbons (Fsp3) is 0.632. The first-order valence-electron chi connectivity index (χ1n) is 25.4. The molecule has 0 aliphatic rings. The average molecular weight is 873 g/mol. The van der Waals surface area contributed by atoms with Crippen LogP contribution in [0.1, 0.15) is 213 Å². The van der Waals surface area contributed by atoms with E-state index in [0.29, 0.717) is 19.3 Å². The van der Waals surface area contributed by atoms with Crippen molar-refractivity contribution < 1.29 is 28.6 Å². The first-order valence-corrected chi connectivity index (χ1v) is 25.4. The number of rotatable bonds is 44. The predicted molar refractivity (Wildman–Crippen MR) is 270 cm³/mol. The molecule has 0 aromatic rings. The zero-order valence-corrected chi connectivity index (χ0v) is 40.5. The molecule has 0 unspecified atom stereocenters. The van der Waals surface area contributed by atoms with Crippen molar-refractivity contribution in [2.75, 3.05) is 13.2 Å². The molecule has 6 nitrogen and oxygen atoms in total. The Bertz CT molecular complexity index is 1330. The summed E-state index contributed by atoms with van der Waals surface area (Å²) in [5.41, 5.74) is 0. The van der Waals surface area contributed by atoms with Crippen molar-refractivity contribution in [1.82, 2.24) is 0 Å². The van der Waals surface area contributed by atoms with Crippen LogP contribution in [0.5, 0.6) is 0 Å². The van der Waals surface area contributed by atoms with E-state index >= 15 is 0 Å². The lowest BCUT2D eigenvalue weighted by Gasteiger charge is -2.18. The molecule has 0 spiro atoms. The summed E-state index contributed by atoms with van der Waals surface area (Å²) in [4.78, 5) is 37.9. The zero-order valence-electron chi connectivity index (χ0n) is 40.5. The summed E-state index contributed by atoms with van der Waals surface area (Å²) in [6, 6.07) is 0. The maximum absolute atomic E-state index is 12.8. The van der Waals surface area contributed by atoms with Gasteiger partial charge in [0.05, 0.1) is 0 Å². The molecule has 0 aromatic carbocycles. The Morgan fingerprint density at radius 2 is 0.635 bits per heavy atom.